The van der Waals surface area contributed by atoms with Gasteiger partial charge in [-0.2, -0.15) is 13.2 Å². The maximum absolute atomic E-state index is 13.0. The maximum Gasteiger partial charge on any atom is 0.493 e. The molecule has 1 aliphatic heterocycles. The van der Waals surface area contributed by atoms with Crippen molar-refractivity contribution in [1.82, 2.24) is 10.3 Å². The van der Waals surface area contributed by atoms with Crippen LogP contribution in [0, 0.1) is 0 Å². The van der Waals surface area contributed by atoms with Crippen LogP contribution in [0.4, 0.5) is 29.5 Å². The number of pyridine rings is 1. The van der Waals surface area contributed by atoms with Gasteiger partial charge in [0.2, 0.25) is 0 Å². The number of hydroxylamine groups is 1. The average Bonchev–Trinajstić information content (AvgIpc) is 3.24. The Labute approximate surface area is 184 Å². The van der Waals surface area contributed by atoms with Gasteiger partial charge in [-0.15, -0.1) is 5.06 Å². The molecule has 0 radical (unpaired) electrons. The molecule has 9 nitrogen and oxygen atoms in total. The van der Waals surface area contributed by atoms with Crippen LogP contribution in [-0.4, -0.2) is 48.3 Å². The number of nitrogens with zero attached hydrogens (tertiary/aromatic N) is 2. The lowest BCUT2D eigenvalue weighted by Crippen LogP contribution is -2.39. The number of amides is 2. The summed E-state index contributed by atoms with van der Waals surface area (Å²) in [6, 6.07) is 7.77. The predicted molar refractivity (Wildman–Crippen MR) is 106 cm³/mol. The molecule has 32 heavy (non-hydrogen) atoms. The average molecular weight is 473 g/mol. The van der Waals surface area contributed by atoms with E-state index in [9.17, 15) is 27.6 Å². The molecule has 2 heterocycles. The molecule has 1 aromatic carbocycles. The lowest BCUT2D eigenvalue weighted by Gasteiger charge is -2.22. The van der Waals surface area contributed by atoms with Crippen LogP contribution in [0.25, 0.3) is 0 Å². The molecule has 1 saturated heterocycles. The summed E-state index contributed by atoms with van der Waals surface area (Å²) in [5.41, 5.74) is -0.351. The van der Waals surface area contributed by atoms with Crippen LogP contribution < -0.4 is 15.7 Å². The van der Waals surface area contributed by atoms with Crippen molar-refractivity contribution in [3.63, 3.8) is 0 Å². The number of anilines is 2. The number of hydrogen-bond donors (Lipinski definition) is 2. The van der Waals surface area contributed by atoms with Crippen LogP contribution in [0.5, 0.6) is 0 Å². The number of halogens is 4. The van der Waals surface area contributed by atoms with Gasteiger partial charge in [0.05, 0.1) is 16.3 Å². The number of aromatic nitrogens is 1. The van der Waals surface area contributed by atoms with Crippen molar-refractivity contribution < 1.29 is 37.1 Å². The molecule has 170 valence electrons. The monoisotopic (exact) mass is 472 g/mol. The summed E-state index contributed by atoms with van der Waals surface area (Å²) >= 11 is 5.72. The molecule has 2 aromatic rings. The first-order valence-corrected chi connectivity index (χ1v) is 9.55. The number of alkyl halides is 3. The van der Waals surface area contributed by atoms with E-state index in [0.717, 1.165) is 12.3 Å². The Morgan fingerprint density at radius 1 is 1.19 bits per heavy atom. The fourth-order valence-electron chi connectivity index (χ4n) is 2.72. The van der Waals surface area contributed by atoms with E-state index in [2.05, 4.69) is 20.5 Å². The van der Waals surface area contributed by atoms with Gasteiger partial charge in [-0.25, -0.2) is 14.6 Å². The van der Waals surface area contributed by atoms with Crippen LogP contribution in [0.2, 0.25) is 5.02 Å². The van der Waals surface area contributed by atoms with Crippen molar-refractivity contribution in [3.8, 4) is 0 Å². The second-order valence-corrected chi connectivity index (χ2v) is 6.94. The van der Waals surface area contributed by atoms with E-state index in [-0.39, 0.29) is 27.4 Å². The first kappa shape index (κ1) is 23.3. The predicted octanol–water partition coefficient (Wildman–Crippen LogP) is 3.31. The fraction of sp³-hybridized carbons (Fsp3) is 0.263. The Bertz CT molecular complexity index is 997. The zero-order valence-corrected chi connectivity index (χ0v) is 16.9. The highest BCUT2D eigenvalue weighted by Gasteiger charge is 2.44. The first-order chi connectivity index (χ1) is 15.1. The normalized spacial score (nSPS) is 15.7. The van der Waals surface area contributed by atoms with E-state index >= 15 is 0 Å². The summed E-state index contributed by atoms with van der Waals surface area (Å²) in [5.74, 6) is -4.27. The summed E-state index contributed by atoms with van der Waals surface area (Å²) in [4.78, 5) is 44.7. The highest BCUT2D eigenvalue weighted by atomic mass is 35.5. The minimum absolute atomic E-state index is 0.0683. The Kier molecular flexibility index (Phi) is 7.15. The molecule has 2 N–H and O–H groups in total. The van der Waals surface area contributed by atoms with Gasteiger partial charge in [-0.1, -0.05) is 23.7 Å². The van der Waals surface area contributed by atoms with Gasteiger partial charge in [-0.3, -0.25) is 10.1 Å². The van der Waals surface area contributed by atoms with Gasteiger partial charge in [0, 0.05) is 12.7 Å². The number of hydrogen-bond acceptors (Lipinski definition) is 7. The fourth-order valence-corrected chi connectivity index (χ4v) is 2.83. The number of nitrogens with one attached hydrogen (secondary N) is 2. The summed E-state index contributed by atoms with van der Waals surface area (Å²) in [6.07, 6.45) is -4.93. The number of ether oxygens (including phenoxy) is 1. The van der Waals surface area contributed by atoms with Gasteiger partial charge in [-0.05, 0) is 37.2 Å². The van der Waals surface area contributed by atoms with Gasteiger partial charge in [0.15, 0.2) is 5.82 Å². The van der Waals surface area contributed by atoms with Crippen molar-refractivity contribution >= 4 is 41.1 Å². The van der Waals surface area contributed by atoms with E-state index in [1.807, 2.05) is 0 Å². The number of benzene rings is 1. The van der Waals surface area contributed by atoms with Gasteiger partial charge in [0.1, 0.15) is 6.10 Å². The Hall–Kier alpha value is -3.38. The van der Waals surface area contributed by atoms with E-state index in [0.29, 0.717) is 19.5 Å². The molecule has 1 aromatic heterocycles. The molecule has 3 rings (SSSR count). The number of carbonyl (C=O) groups excluding carboxylic acids is 3. The lowest BCUT2D eigenvalue weighted by atomic mass is 10.1. The molecule has 0 bridgehead atoms. The van der Waals surface area contributed by atoms with Crippen LogP contribution >= 0.6 is 11.6 Å². The number of carbonyl (C=O) groups is 3. The molecule has 2 amide bonds. The van der Waals surface area contributed by atoms with Crippen molar-refractivity contribution in [1.29, 1.82) is 0 Å². The van der Waals surface area contributed by atoms with Crippen molar-refractivity contribution in [2.24, 2.45) is 0 Å². The zero-order chi connectivity index (χ0) is 23.3. The van der Waals surface area contributed by atoms with Crippen LogP contribution in [0.1, 0.15) is 16.8 Å². The summed E-state index contributed by atoms with van der Waals surface area (Å²) in [5, 5.41) is 5.59. The number of rotatable bonds is 4. The van der Waals surface area contributed by atoms with Crippen LogP contribution in [0.15, 0.2) is 42.6 Å². The topological polar surface area (TPSA) is 110 Å². The Morgan fingerprint density at radius 2 is 1.94 bits per heavy atom. The third-order valence-electron chi connectivity index (χ3n) is 4.19. The van der Waals surface area contributed by atoms with Gasteiger partial charge < -0.3 is 14.9 Å². The SMILES string of the molecule is O=C(Nc1ccccc1C(=O)N(OC(=O)C(F)(F)F)c1ccc(Cl)cn1)OC1CCNC1. The minimum atomic E-state index is -5.37. The summed E-state index contributed by atoms with van der Waals surface area (Å²) in [6.45, 7) is 1.15. The van der Waals surface area contributed by atoms with E-state index in [1.54, 1.807) is 0 Å². The standard InChI is InChI=1S/C19H16ClF3N4O5/c20-11-5-6-15(25-9-11)27(32-17(29)19(21,22)23)16(28)13-3-1-2-4-14(13)26-18(30)31-12-7-8-24-10-12/h1-6,9,12,24H,7-8,10H2,(H,26,30). The van der Waals surface area contributed by atoms with E-state index < -0.39 is 30.0 Å². The van der Waals surface area contributed by atoms with Crippen molar-refractivity contribution in [2.45, 2.75) is 18.7 Å². The molecule has 0 spiro atoms. The second-order valence-electron chi connectivity index (χ2n) is 6.50. The maximum atomic E-state index is 13.0. The second kappa shape index (κ2) is 9.83. The van der Waals surface area contributed by atoms with Crippen LogP contribution in [-0.2, 0) is 14.4 Å². The quantitative estimate of drug-likeness (QED) is 0.657. The lowest BCUT2D eigenvalue weighted by molar-refractivity contribution is -0.200. The largest absolute Gasteiger partial charge is 0.493 e. The molecular formula is C19H16ClF3N4O5. The third kappa shape index (κ3) is 5.86. The van der Waals surface area contributed by atoms with Gasteiger partial charge >= 0.3 is 18.2 Å². The molecule has 1 aliphatic rings. The molecule has 0 aliphatic carbocycles. The Morgan fingerprint density at radius 3 is 2.56 bits per heavy atom. The van der Waals surface area contributed by atoms with E-state index in [1.165, 1.54) is 30.3 Å². The third-order valence-corrected chi connectivity index (χ3v) is 4.42. The molecule has 1 unspecified atom stereocenters. The molecule has 0 saturated carbocycles. The highest BCUT2D eigenvalue weighted by molar-refractivity contribution is 6.30. The summed E-state index contributed by atoms with van der Waals surface area (Å²) < 4.78 is 43.5. The van der Waals surface area contributed by atoms with Crippen molar-refractivity contribution in [3.05, 3.63) is 53.2 Å². The summed E-state index contributed by atoms with van der Waals surface area (Å²) in [7, 11) is 0. The molecule has 1 atom stereocenters. The first-order valence-electron chi connectivity index (χ1n) is 9.17. The Balaban J connectivity index is 1.87. The van der Waals surface area contributed by atoms with Crippen LogP contribution in [0.3, 0.4) is 0 Å². The molecule has 13 heteroatoms. The number of para-hydroxylation sites is 1. The molecular weight excluding hydrogens is 457 g/mol. The zero-order valence-electron chi connectivity index (χ0n) is 16.2. The minimum Gasteiger partial charge on any atom is -0.445 e. The van der Waals surface area contributed by atoms with E-state index in [4.69, 9.17) is 16.3 Å². The van der Waals surface area contributed by atoms with Crippen molar-refractivity contribution in [2.75, 3.05) is 23.5 Å². The van der Waals surface area contributed by atoms with Gasteiger partial charge in [0.25, 0.3) is 5.91 Å². The highest BCUT2D eigenvalue weighted by Crippen LogP contribution is 2.25. The smallest absolute Gasteiger partial charge is 0.445 e. The molecule has 1 fully saturated rings.